The van der Waals surface area contributed by atoms with Gasteiger partial charge in [0.15, 0.2) is 0 Å². The Kier molecular flexibility index (Phi) is 9.89. The quantitative estimate of drug-likeness (QED) is 0.103. The third-order valence-corrected chi connectivity index (χ3v) is 11.3. The first-order valence-electron chi connectivity index (χ1n) is 16.7. The SMILES string of the molecule is COC(=O)c1c(CCCO)c2ccc(F)c(-c3c(CSCc4cc(CSc5cc(O)c6ncccc6c5)n(C)n4)nn4c3CCCC4)c2n1C. The summed E-state index contributed by atoms with van der Waals surface area (Å²) in [7, 11) is 5.06. The van der Waals surface area contributed by atoms with E-state index in [1.165, 1.54) is 13.2 Å². The fourth-order valence-electron chi connectivity index (χ4n) is 7.05. The van der Waals surface area contributed by atoms with Crippen molar-refractivity contribution >= 4 is 51.3 Å². The number of carbonyl (C=O) groups excluding carboxylic acids is 1. The number of hydrogen-bond acceptors (Lipinski definition) is 9. The molecule has 0 fully saturated rings. The van der Waals surface area contributed by atoms with Crippen LogP contribution in [-0.2, 0) is 55.5 Å². The smallest absolute Gasteiger partial charge is 0.354 e. The van der Waals surface area contributed by atoms with E-state index >= 15 is 4.39 Å². The Bertz CT molecular complexity index is 2230. The van der Waals surface area contributed by atoms with Crippen LogP contribution in [0.4, 0.5) is 4.39 Å². The van der Waals surface area contributed by atoms with Gasteiger partial charge in [0.2, 0.25) is 0 Å². The number of halogens is 1. The third kappa shape index (κ3) is 6.38. The number of pyridine rings is 1. The van der Waals surface area contributed by atoms with E-state index in [0.717, 1.165) is 75.4 Å². The van der Waals surface area contributed by atoms with Crippen molar-refractivity contribution in [3.63, 3.8) is 0 Å². The molecule has 0 aliphatic carbocycles. The molecule has 13 heteroatoms. The van der Waals surface area contributed by atoms with Crippen molar-refractivity contribution in [3.8, 4) is 16.9 Å². The lowest BCUT2D eigenvalue weighted by Crippen LogP contribution is -2.12. The third-order valence-electron chi connectivity index (χ3n) is 9.35. The van der Waals surface area contributed by atoms with E-state index in [2.05, 4.69) is 11.1 Å². The van der Waals surface area contributed by atoms with Crippen LogP contribution in [-0.4, -0.2) is 59.0 Å². The van der Waals surface area contributed by atoms with E-state index in [1.54, 1.807) is 53.5 Å². The van der Waals surface area contributed by atoms with Gasteiger partial charge in [-0.1, -0.05) is 6.07 Å². The number of aromatic hydroxyl groups is 1. The average molecular weight is 715 g/mol. The van der Waals surface area contributed by atoms with Crippen LogP contribution >= 0.6 is 23.5 Å². The fraction of sp³-hybridized carbons (Fsp3) is 0.351. The molecule has 0 saturated heterocycles. The van der Waals surface area contributed by atoms with Gasteiger partial charge >= 0.3 is 5.97 Å². The van der Waals surface area contributed by atoms with Crippen molar-refractivity contribution in [3.05, 3.63) is 88.5 Å². The number of esters is 1. The summed E-state index contributed by atoms with van der Waals surface area (Å²) in [6.07, 6.45) is 5.41. The summed E-state index contributed by atoms with van der Waals surface area (Å²) in [6, 6.07) is 12.9. The van der Waals surface area contributed by atoms with E-state index < -0.39 is 5.97 Å². The Hall–Kier alpha value is -4.33. The van der Waals surface area contributed by atoms with Crippen LogP contribution < -0.4 is 0 Å². The second kappa shape index (κ2) is 14.5. The predicted molar refractivity (Wildman–Crippen MR) is 195 cm³/mol. The second-order valence-corrected chi connectivity index (χ2v) is 14.6. The molecule has 1 aliphatic heterocycles. The topological polar surface area (TPSA) is 120 Å². The Labute approximate surface area is 297 Å². The molecule has 6 aromatic rings. The number of aromatic nitrogens is 6. The van der Waals surface area contributed by atoms with Crippen LogP contribution in [0.3, 0.4) is 0 Å². The number of thioether (sulfide) groups is 2. The number of nitrogens with zero attached hydrogens (tertiary/aromatic N) is 6. The molecule has 0 atom stereocenters. The molecule has 2 N–H and O–H groups in total. The van der Waals surface area contributed by atoms with Gasteiger partial charge < -0.3 is 19.5 Å². The van der Waals surface area contributed by atoms with Gasteiger partial charge in [-0.2, -0.15) is 10.2 Å². The van der Waals surface area contributed by atoms with Crippen molar-refractivity contribution in [1.82, 2.24) is 29.1 Å². The number of carbonyl (C=O) groups is 1. The van der Waals surface area contributed by atoms with Gasteiger partial charge in [0.05, 0.1) is 24.0 Å². The lowest BCUT2D eigenvalue weighted by molar-refractivity contribution is 0.0589. The molecular weight excluding hydrogens is 676 g/mol. The molecule has 0 saturated carbocycles. The molecule has 2 aromatic carbocycles. The van der Waals surface area contributed by atoms with Crippen molar-refractivity contribution in [1.29, 1.82) is 0 Å². The minimum atomic E-state index is -0.489. The maximum absolute atomic E-state index is 16.2. The highest BCUT2D eigenvalue weighted by atomic mass is 32.2. The summed E-state index contributed by atoms with van der Waals surface area (Å²) < 4.78 is 27.0. The first-order chi connectivity index (χ1) is 24.3. The second-order valence-electron chi connectivity index (χ2n) is 12.5. The highest BCUT2D eigenvalue weighted by Gasteiger charge is 2.30. The number of benzene rings is 2. The summed E-state index contributed by atoms with van der Waals surface area (Å²) in [5, 5.41) is 31.5. The summed E-state index contributed by atoms with van der Waals surface area (Å²) in [4.78, 5) is 18.2. The van der Waals surface area contributed by atoms with Gasteiger partial charge in [-0.3, -0.25) is 14.3 Å². The van der Waals surface area contributed by atoms with E-state index in [0.29, 0.717) is 52.4 Å². The Morgan fingerprint density at radius 3 is 2.74 bits per heavy atom. The average Bonchev–Trinajstić information content (AvgIpc) is 3.76. The van der Waals surface area contributed by atoms with Crippen LogP contribution in [0.2, 0.25) is 0 Å². The molecule has 0 bridgehead atoms. The molecule has 1 aliphatic rings. The van der Waals surface area contributed by atoms with E-state index in [4.69, 9.17) is 14.9 Å². The van der Waals surface area contributed by atoms with Crippen LogP contribution in [0.15, 0.2) is 53.6 Å². The van der Waals surface area contributed by atoms with Crippen LogP contribution in [0.1, 0.15) is 58.1 Å². The molecule has 0 unspecified atom stereocenters. The lowest BCUT2D eigenvalue weighted by Gasteiger charge is -2.16. The number of aliphatic hydroxyl groups excluding tert-OH is 1. The first-order valence-corrected chi connectivity index (χ1v) is 18.8. The van der Waals surface area contributed by atoms with Crippen molar-refractivity contribution in [2.24, 2.45) is 14.1 Å². The number of rotatable bonds is 12. The minimum absolute atomic E-state index is 0.0210. The van der Waals surface area contributed by atoms with E-state index in [-0.39, 0.29) is 18.2 Å². The zero-order valence-corrected chi connectivity index (χ0v) is 29.9. The standard InChI is InChI=1S/C37H39FN6O4S2/c1-42-35-27(26(9-7-15-45)36(42)37(47)48-3)11-12-28(38)32(35)33-29(41-44-14-5-4-10-30(33)44)21-49-19-23-17-24(43(2)40-23)20-50-25-16-22-8-6-13-39-34(22)31(46)18-25/h6,8,11-13,16-18,45-46H,4-5,7,9-10,14-15,19-21H2,1-3H3. The number of ether oxygens (including phenoxy) is 1. The van der Waals surface area contributed by atoms with Crippen LogP contribution in [0, 0.1) is 5.82 Å². The first kappa shape index (κ1) is 34.1. The number of hydrogen-bond donors (Lipinski definition) is 2. The van der Waals surface area contributed by atoms with Crippen LogP contribution in [0.5, 0.6) is 5.75 Å². The van der Waals surface area contributed by atoms with Crippen molar-refractivity contribution < 1.29 is 24.1 Å². The van der Waals surface area contributed by atoms with Gasteiger partial charge in [0.25, 0.3) is 0 Å². The summed E-state index contributed by atoms with van der Waals surface area (Å²) in [5.41, 5.74) is 7.44. The number of methoxy groups -OCH3 is 1. The van der Waals surface area contributed by atoms with Crippen molar-refractivity contribution in [2.45, 2.75) is 60.8 Å². The van der Waals surface area contributed by atoms with Gasteiger partial charge in [-0.05, 0) is 74.1 Å². The summed E-state index contributed by atoms with van der Waals surface area (Å²) in [6.45, 7) is 0.756. The number of fused-ring (bicyclic) bond motifs is 3. The monoisotopic (exact) mass is 714 g/mol. The summed E-state index contributed by atoms with van der Waals surface area (Å²) in [5.74, 6) is 1.21. The Morgan fingerprint density at radius 2 is 1.92 bits per heavy atom. The molecule has 0 radical (unpaired) electrons. The van der Waals surface area contributed by atoms with Crippen molar-refractivity contribution in [2.75, 3.05) is 13.7 Å². The molecule has 0 amide bonds. The number of aryl methyl sites for hydroxylation is 4. The van der Waals surface area contributed by atoms with Gasteiger partial charge in [0.1, 0.15) is 22.8 Å². The predicted octanol–water partition coefficient (Wildman–Crippen LogP) is 6.94. The number of phenolic OH excluding ortho intramolecular Hbond substituents is 1. The largest absolute Gasteiger partial charge is 0.506 e. The maximum Gasteiger partial charge on any atom is 0.354 e. The molecule has 10 nitrogen and oxygen atoms in total. The van der Waals surface area contributed by atoms with E-state index in [1.807, 2.05) is 34.6 Å². The van der Waals surface area contributed by atoms with Gasteiger partial charge in [-0.15, -0.1) is 23.5 Å². The van der Waals surface area contributed by atoms with Gasteiger partial charge in [-0.25, -0.2) is 9.18 Å². The lowest BCUT2D eigenvalue weighted by atomic mass is 9.95. The maximum atomic E-state index is 16.2. The normalized spacial score (nSPS) is 13.0. The highest BCUT2D eigenvalue weighted by Crippen LogP contribution is 2.42. The molecule has 50 heavy (non-hydrogen) atoms. The van der Waals surface area contributed by atoms with Crippen LogP contribution in [0.25, 0.3) is 32.9 Å². The number of aliphatic hydroxyl groups is 1. The molecular formula is C37H39FN6O4S2. The molecule has 5 heterocycles. The zero-order valence-electron chi connectivity index (χ0n) is 28.3. The number of phenols is 1. The molecule has 7 rings (SSSR count). The zero-order chi connectivity index (χ0) is 34.9. The van der Waals surface area contributed by atoms with Gasteiger partial charge in [0, 0.05) is 88.9 Å². The fourth-order valence-corrected chi connectivity index (χ4v) is 8.89. The highest BCUT2D eigenvalue weighted by molar-refractivity contribution is 7.98. The molecule has 0 spiro atoms. The molecule has 4 aromatic heterocycles. The minimum Gasteiger partial charge on any atom is -0.506 e. The Balaban J connectivity index is 1.16. The molecule has 260 valence electrons. The summed E-state index contributed by atoms with van der Waals surface area (Å²) >= 11 is 3.32. The van der Waals surface area contributed by atoms with E-state index in [9.17, 15) is 15.0 Å². The Morgan fingerprint density at radius 1 is 1.06 bits per heavy atom.